The van der Waals surface area contributed by atoms with Crippen molar-refractivity contribution < 1.29 is 35.5 Å². The van der Waals surface area contributed by atoms with Gasteiger partial charge in [-0.05, 0) is 12.1 Å². The van der Waals surface area contributed by atoms with Crippen molar-refractivity contribution in [2.75, 3.05) is 0 Å². The maximum Gasteiger partial charge on any atom is 0.455 e. The van der Waals surface area contributed by atoms with Crippen LogP contribution in [0.4, 0.5) is 30.7 Å². The van der Waals surface area contributed by atoms with Crippen molar-refractivity contribution in [2.24, 2.45) is 0 Å². The Morgan fingerprint density at radius 2 is 1.61 bits per heavy atom. The number of rotatable bonds is 2. The number of aromatic amines is 1. The molecule has 0 unspecified atom stereocenters. The van der Waals surface area contributed by atoms with Crippen molar-refractivity contribution in [3.63, 3.8) is 0 Å². The number of hydrogen-bond acceptors (Lipinski definition) is 2. The molecule has 0 radical (unpaired) electrons. The van der Waals surface area contributed by atoms with E-state index in [2.05, 4.69) is 0 Å². The van der Waals surface area contributed by atoms with E-state index < -0.39 is 46.5 Å². The number of ketones is 1. The number of halogens is 7. The maximum atomic E-state index is 13.6. The Kier molecular flexibility index (Phi) is 3.83. The summed E-state index contributed by atoms with van der Waals surface area (Å²) in [4.78, 5) is 23.0. The third-order valence-corrected chi connectivity index (χ3v) is 2.75. The van der Waals surface area contributed by atoms with Crippen LogP contribution in [0.2, 0.25) is 0 Å². The van der Waals surface area contributed by atoms with Gasteiger partial charge in [0.05, 0.1) is 0 Å². The number of nitrogens with one attached hydrogen (secondary N) is 1. The first kappa shape index (κ1) is 16.8. The molecule has 4 nitrogen and oxygen atoms in total. The van der Waals surface area contributed by atoms with E-state index in [4.69, 9.17) is 0 Å². The summed E-state index contributed by atoms with van der Waals surface area (Å²) in [7, 11) is 0. The van der Waals surface area contributed by atoms with Crippen LogP contribution in [0, 0.1) is 5.82 Å². The first-order chi connectivity index (χ1) is 10.4. The summed E-state index contributed by atoms with van der Waals surface area (Å²) in [6.07, 6.45) is -11.2. The first-order valence-corrected chi connectivity index (χ1v) is 5.73. The molecule has 0 fully saturated rings. The SMILES string of the molecule is O=C(c1c(C(F)(F)F)[nH]n(-c2ccccc2F)c1=O)C(F)(F)F. The number of hydrogen-bond donors (Lipinski definition) is 1. The molecule has 1 N–H and O–H groups in total. The zero-order valence-electron chi connectivity index (χ0n) is 10.7. The van der Waals surface area contributed by atoms with Gasteiger partial charge in [0.25, 0.3) is 11.3 Å². The number of nitrogens with zero attached hydrogens (tertiary/aromatic N) is 1. The van der Waals surface area contributed by atoms with Gasteiger partial charge in [0.2, 0.25) is 0 Å². The molecule has 0 saturated heterocycles. The van der Waals surface area contributed by atoms with Crippen LogP contribution in [0.15, 0.2) is 29.1 Å². The van der Waals surface area contributed by atoms with E-state index in [0.29, 0.717) is 0 Å². The molecule has 1 heterocycles. The quantitative estimate of drug-likeness (QED) is 0.674. The number of aromatic nitrogens is 2. The number of benzene rings is 1. The standard InChI is InChI=1S/C12H5F7N2O2/c13-5-3-1-2-4-6(5)21-10(23)7(9(22)12(17,18)19)8(20-21)11(14,15)16/h1-4,20H. The summed E-state index contributed by atoms with van der Waals surface area (Å²) in [5.74, 6) is -4.14. The van der Waals surface area contributed by atoms with Gasteiger partial charge in [-0.2, -0.15) is 26.3 Å². The third kappa shape index (κ3) is 2.98. The summed E-state index contributed by atoms with van der Waals surface area (Å²) >= 11 is 0. The van der Waals surface area contributed by atoms with E-state index in [9.17, 15) is 40.3 Å². The molecule has 2 aromatic rings. The summed E-state index contributed by atoms with van der Waals surface area (Å²) in [5, 5.41) is 1.32. The van der Waals surface area contributed by atoms with Crippen LogP contribution in [0.5, 0.6) is 0 Å². The van der Waals surface area contributed by atoms with Crippen LogP contribution in [0.1, 0.15) is 16.1 Å². The van der Waals surface area contributed by atoms with E-state index in [1.54, 1.807) is 0 Å². The van der Waals surface area contributed by atoms with Gasteiger partial charge in [-0.1, -0.05) is 12.1 Å². The van der Waals surface area contributed by atoms with Gasteiger partial charge in [-0.15, -0.1) is 0 Å². The Morgan fingerprint density at radius 1 is 1.04 bits per heavy atom. The second kappa shape index (κ2) is 5.25. The fourth-order valence-electron chi connectivity index (χ4n) is 1.80. The molecule has 1 aromatic carbocycles. The minimum absolute atomic E-state index is 0.100. The highest BCUT2D eigenvalue weighted by Gasteiger charge is 2.48. The van der Waals surface area contributed by atoms with Gasteiger partial charge in [0.15, 0.2) is 5.69 Å². The van der Waals surface area contributed by atoms with Gasteiger partial charge in [-0.3, -0.25) is 14.7 Å². The summed E-state index contributed by atoms with van der Waals surface area (Å²) in [6, 6.07) is 3.93. The molecule has 0 aliphatic rings. The Hall–Kier alpha value is -2.59. The molecule has 0 aliphatic heterocycles. The fraction of sp³-hybridized carbons (Fsp3) is 0.167. The Bertz CT molecular complexity index is 814. The first-order valence-electron chi connectivity index (χ1n) is 5.73. The molecule has 0 atom stereocenters. The number of carbonyl (C=O) groups is 1. The maximum absolute atomic E-state index is 13.6. The fourth-order valence-corrected chi connectivity index (χ4v) is 1.80. The minimum atomic E-state index is -5.70. The van der Waals surface area contributed by atoms with Crippen molar-refractivity contribution in [1.29, 1.82) is 0 Å². The zero-order valence-corrected chi connectivity index (χ0v) is 10.7. The van der Waals surface area contributed by atoms with Crippen LogP contribution in [0.3, 0.4) is 0 Å². The molecule has 0 bridgehead atoms. The number of carbonyl (C=O) groups excluding carboxylic acids is 1. The molecule has 0 aliphatic carbocycles. The number of H-pyrrole nitrogens is 1. The molecule has 23 heavy (non-hydrogen) atoms. The Labute approximate surface area is 122 Å². The van der Waals surface area contributed by atoms with Crippen molar-refractivity contribution in [3.05, 3.63) is 51.7 Å². The molecule has 1 aromatic heterocycles. The molecular formula is C12H5F7N2O2. The summed E-state index contributed by atoms with van der Waals surface area (Å²) < 4.78 is 89.2. The second-order valence-corrected chi connectivity index (χ2v) is 4.28. The third-order valence-electron chi connectivity index (χ3n) is 2.75. The zero-order chi connectivity index (χ0) is 17.6. The predicted molar refractivity (Wildman–Crippen MR) is 61.7 cm³/mol. The molecule has 2 rings (SSSR count). The monoisotopic (exact) mass is 342 g/mol. The smallest absolute Gasteiger partial charge is 0.286 e. The lowest BCUT2D eigenvalue weighted by Gasteiger charge is -2.07. The van der Waals surface area contributed by atoms with Crippen molar-refractivity contribution in [3.8, 4) is 5.69 Å². The molecule has 0 amide bonds. The predicted octanol–water partition coefficient (Wildman–Crippen LogP) is 3.07. The number of para-hydroxylation sites is 1. The van der Waals surface area contributed by atoms with E-state index in [1.807, 2.05) is 0 Å². The van der Waals surface area contributed by atoms with Gasteiger partial charge in [0.1, 0.15) is 17.1 Å². The van der Waals surface area contributed by atoms with Crippen LogP contribution < -0.4 is 5.56 Å². The van der Waals surface area contributed by atoms with E-state index in [1.165, 1.54) is 5.10 Å². The number of Topliss-reactive ketones (excluding diaryl/α,β-unsaturated/α-hetero) is 1. The van der Waals surface area contributed by atoms with E-state index >= 15 is 0 Å². The summed E-state index contributed by atoms with van der Waals surface area (Å²) in [5.41, 5.74) is -7.06. The highest BCUT2D eigenvalue weighted by Crippen LogP contribution is 2.32. The van der Waals surface area contributed by atoms with Gasteiger partial charge in [-0.25, -0.2) is 9.07 Å². The van der Waals surface area contributed by atoms with E-state index in [0.717, 1.165) is 24.3 Å². The molecule has 11 heteroatoms. The van der Waals surface area contributed by atoms with Gasteiger partial charge >= 0.3 is 12.4 Å². The minimum Gasteiger partial charge on any atom is -0.286 e. The molecule has 124 valence electrons. The molecule has 0 saturated carbocycles. The largest absolute Gasteiger partial charge is 0.455 e. The highest BCUT2D eigenvalue weighted by atomic mass is 19.4. The molecular weight excluding hydrogens is 337 g/mol. The second-order valence-electron chi connectivity index (χ2n) is 4.28. The van der Waals surface area contributed by atoms with Crippen molar-refractivity contribution in [2.45, 2.75) is 12.4 Å². The Balaban J connectivity index is 2.80. The lowest BCUT2D eigenvalue weighted by molar-refractivity contribution is -0.142. The van der Waals surface area contributed by atoms with Crippen LogP contribution >= 0.6 is 0 Å². The Morgan fingerprint density at radius 3 is 2.09 bits per heavy atom. The normalized spacial score (nSPS) is 12.5. The van der Waals surface area contributed by atoms with Gasteiger partial charge in [0, 0.05) is 0 Å². The molecule has 0 spiro atoms. The van der Waals surface area contributed by atoms with Crippen molar-refractivity contribution in [1.82, 2.24) is 9.78 Å². The van der Waals surface area contributed by atoms with Gasteiger partial charge < -0.3 is 0 Å². The highest BCUT2D eigenvalue weighted by molar-refractivity contribution is 6.01. The summed E-state index contributed by atoms with van der Waals surface area (Å²) in [6.45, 7) is 0. The van der Waals surface area contributed by atoms with E-state index in [-0.39, 0.29) is 4.68 Å². The lowest BCUT2D eigenvalue weighted by Crippen LogP contribution is -2.31. The lowest BCUT2D eigenvalue weighted by atomic mass is 10.1. The average molecular weight is 342 g/mol. The topological polar surface area (TPSA) is 54.9 Å². The van der Waals surface area contributed by atoms with Crippen LogP contribution in [-0.2, 0) is 6.18 Å². The average Bonchev–Trinajstić information content (AvgIpc) is 2.75. The van der Waals surface area contributed by atoms with Crippen LogP contribution in [-0.4, -0.2) is 21.7 Å². The number of alkyl halides is 6. The van der Waals surface area contributed by atoms with Crippen molar-refractivity contribution >= 4 is 5.78 Å². The van der Waals surface area contributed by atoms with Crippen LogP contribution in [0.25, 0.3) is 5.69 Å².